The van der Waals surface area contributed by atoms with E-state index in [2.05, 4.69) is 0 Å². The lowest BCUT2D eigenvalue weighted by Gasteiger charge is -2.37. The molecule has 102 valence electrons. The molecule has 17 heavy (non-hydrogen) atoms. The molecule has 0 aromatic heterocycles. The van der Waals surface area contributed by atoms with Crippen molar-refractivity contribution in [3.63, 3.8) is 0 Å². The average Bonchev–Trinajstić information content (AvgIpc) is 2.22. The zero-order valence-corrected chi connectivity index (χ0v) is 10.9. The molecule has 0 spiro atoms. The third-order valence-corrected chi connectivity index (χ3v) is 3.21. The van der Waals surface area contributed by atoms with Crippen molar-refractivity contribution in [2.75, 3.05) is 13.2 Å². The topological polar surface area (TPSA) is 104 Å². The van der Waals surface area contributed by atoms with E-state index in [4.69, 9.17) is 10.8 Å². The highest BCUT2D eigenvalue weighted by Gasteiger charge is 2.33. The van der Waals surface area contributed by atoms with Gasteiger partial charge >= 0.3 is 5.97 Å². The number of aliphatic hydroxyl groups is 2. The fourth-order valence-corrected chi connectivity index (χ4v) is 1.81. The first kappa shape index (κ1) is 16.4. The summed E-state index contributed by atoms with van der Waals surface area (Å²) in [5.41, 5.74) is 4.72. The highest BCUT2D eigenvalue weighted by molar-refractivity contribution is 5.66. The smallest absolute Gasteiger partial charge is 0.303 e. The summed E-state index contributed by atoms with van der Waals surface area (Å²) in [5.74, 6) is -0.794. The highest BCUT2D eigenvalue weighted by atomic mass is 16.4. The summed E-state index contributed by atoms with van der Waals surface area (Å²) in [4.78, 5) is 10.6. The summed E-state index contributed by atoms with van der Waals surface area (Å²) in [7, 11) is 0. The maximum absolute atomic E-state index is 10.6. The van der Waals surface area contributed by atoms with Gasteiger partial charge in [0.1, 0.15) is 0 Å². The molecule has 0 saturated carbocycles. The van der Waals surface area contributed by atoms with E-state index in [9.17, 15) is 15.0 Å². The zero-order valence-electron chi connectivity index (χ0n) is 10.9. The molecular weight excluding hydrogens is 222 g/mol. The van der Waals surface area contributed by atoms with Gasteiger partial charge in [-0.3, -0.25) is 4.79 Å². The maximum Gasteiger partial charge on any atom is 0.303 e. The summed E-state index contributed by atoms with van der Waals surface area (Å²) >= 11 is 0. The fourth-order valence-electron chi connectivity index (χ4n) is 1.81. The van der Waals surface area contributed by atoms with Crippen LogP contribution >= 0.6 is 0 Å². The van der Waals surface area contributed by atoms with Gasteiger partial charge in [-0.25, -0.2) is 0 Å². The predicted molar refractivity (Wildman–Crippen MR) is 65.5 cm³/mol. The average molecular weight is 247 g/mol. The van der Waals surface area contributed by atoms with Crippen molar-refractivity contribution in [1.82, 2.24) is 0 Å². The zero-order chi connectivity index (χ0) is 13.7. The number of carboxylic acids is 1. The standard InChI is InChI=1S/C12H25NO4/c1-11(2,3)9(4-5-10(16)17)6-12(13,7-14)8-15/h9,14-15H,4-8,13H2,1-3H3,(H,16,17). The van der Waals surface area contributed by atoms with Gasteiger partial charge in [0.05, 0.1) is 18.8 Å². The molecule has 5 heteroatoms. The van der Waals surface area contributed by atoms with Crippen LogP contribution in [0, 0.1) is 11.3 Å². The molecule has 0 heterocycles. The van der Waals surface area contributed by atoms with Crippen molar-refractivity contribution in [2.24, 2.45) is 17.1 Å². The Morgan fingerprint density at radius 3 is 2.00 bits per heavy atom. The number of aliphatic hydroxyl groups excluding tert-OH is 2. The van der Waals surface area contributed by atoms with Gasteiger partial charge in [0.2, 0.25) is 0 Å². The van der Waals surface area contributed by atoms with Gasteiger partial charge in [-0.05, 0) is 24.2 Å². The highest BCUT2D eigenvalue weighted by Crippen LogP contribution is 2.35. The van der Waals surface area contributed by atoms with Gasteiger partial charge in [-0.15, -0.1) is 0 Å². The van der Waals surface area contributed by atoms with Crippen LogP contribution in [0.1, 0.15) is 40.0 Å². The number of rotatable bonds is 7. The second-order valence-electron chi connectivity index (χ2n) is 5.88. The lowest BCUT2D eigenvalue weighted by molar-refractivity contribution is -0.137. The van der Waals surface area contributed by atoms with Gasteiger partial charge in [0, 0.05) is 6.42 Å². The molecule has 0 fully saturated rings. The Balaban J connectivity index is 4.65. The van der Waals surface area contributed by atoms with E-state index in [1.54, 1.807) is 0 Å². The molecule has 0 aliphatic carbocycles. The van der Waals surface area contributed by atoms with Crippen LogP contribution < -0.4 is 5.73 Å². The SMILES string of the molecule is CC(C)(C)C(CCC(=O)O)CC(N)(CO)CO. The lowest BCUT2D eigenvalue weighted by atomic mass is 9.72. The summed E-state index contributed by atoms with van der Waals surface area (Å²) in [5, 5.41) is 27.1. The first-order valence-corrected chi connectivity index (χ1v) is 5.87. The molecule has 1 unspecified atom stereocenters. The van der Waals surface area contributed by atoms with Crippen LogP contribution in [0.15, 0.2) is 0 Å². The molecule has 0 aliphatic heterocycles. The molecule has 0 radical (unpaired) electrons. The van der Waals surface area contributed by atoms with E-state index >= 15 is 0 Å². The minimum absolute atomic E-state index is 0.0444. The number of carbonyl (C=O) groups is 1. The number of carboxylic acid groups (broad SMARTS) is 1. The van der Waals surface area contributed by atoms with Gasteiger partial charge in [0.15, 0.2) is 0 Å². The van der Waals surface area contributed by atoms with Crippen LogP contribution in [0.25, 0.3) is 0 Å². The Morgan fingerprint density at radius 1 is 1.24 bits per heavy atom. The maximum atomic E-state index is 10.6. The van der Waals surface area contributed by atoms with Crippen molar-refractivity contribution in [3.05, 3.63) is 0 Å². The number of hydrogen-bond donors (Lipinski definition) is 4. The second-order valence-corrected chi connectivity index (χ2v) is 5.88. The Kier molecular flexibility index (Phi) is 6.09. The van der Waals surface area contributed by atoms with Gasteiger partial charge < -0.3 is 21.1 Å². The molecular formula is C12H25NO4. The van der Waals surface area contributed by atoms with Crippen LogP contribution in [0.3, 0.4) is 0 Å². The third-order valence-electron chi connectivity index (χ3n) is 3.21. The van der Waals surface area contributed by atoms with Crippen molar-refractivity contribution >= 4 is 5.97 Å². The van der Waals surface area contributed by atoms with Crippen molar-refractivity contribution in [2.45, 2.75) is 45.6 Å². The minimum Gasteiger partial charge on any atom is -0.481 e. The van der Waals surface area contributed by atoms with Crippen molar-refractivity contribution < 1.29 is 20.1 Å². The number of aliphatic carboxylic acids is 1. The third kappa shape index (κ3) is 6.00. The summed E-state index contributed by atoms with van der Waals surface area (Å²) < 4.78 is 0. The van der Waals surface area contributed by atoms with E-state index in [1.165, 1.54) is 0 Å². The molecule has 1 atom stereocenters. The normalized spacial score (nSPS) is 14.7. The van der Waals surface area contributed by atoms with Crippen LogP contribution in [-0.4, -0.2) is 40.0 Å². The molecule has 0 saturated heterocycles. The van der Waals surface area contributed by atoms with E-state index < -0.39 is 11.5 Å². The van der Waals surface area contributed by atoms with E-state index in [0.29, 0.717) is 12.8 Å². The Bertz CT molecular complexity index is 243. The summed E-state index contributed by atoms with van der Waals surface area (Å²) in [6.45, 7) is 5.42. The molecule has 0 aromatic rings. The summed E-state index contributed by atoms with van der Waals surface area (Å²) in [6, 6.07) is 0. The molecule has 5 N–H and O–H groups in total. The van der Waals surface area contributed by atoms with Gasteiger partial charge in [-0.1, -0.05) is 20.8 Å². The lowest BCUT2D eigenvalue weighted by Crippen LogP contribution is -2.50. The Hall–Kier alpha value is -0.650. The van der Waals surface area contributed by atoms with Crippen molar-refractivity contribution in [3.8, 4) is 0 Å². The Morgan fingerprint density at radius 2 is 1.71 bits per heavy atom. The van der Waals surface area contributed by atoms with Crippen LogP contribution in [0.2, 0.25) is 0 Å². The Labute approximate surface area is 103 Å². The van der Waals surface area contributed by atoms with E-state index in [-0.39, 0.29) is 31.0 Å². The molecule has 0 aromatic carbocycles. The van der Waals surface area contributed by atoms with Crippen LogP contribution in [0.5, 0.6) is 0 Å². The van der Waals surface area contributed by atoms with E-state index in [0.717, 1.165) is 0 Å². The largest absolute Gasteiger partial charge is 0.481 e. The number of hydrogen-bond acceptors (Lipinski definition) is 4. The van der Waals surface area contributed by atoms with E-state index in [1.807, 2.05) is 20.8 Å². The van der Waals surface area contributed by atoms with Crippen molar-refractivity contribution in [1.29, 1.82) is 0 Å². The summed E-state index contributed by atoms with van der Waals surface area (Å²) in [6.07, 6.45) is 0.990. The van der Waals surface area contributed by atoms with Crippen LogP contribution in [0.4, 0.5) is 0 Å². The quantitative estimate of drug-likeness (QED) is 0.527. The fraction of sp³-hybridized carbons (Fsp3) is 0.917. The predicted octanol–water partition coefficient (Wildman–Crippen LogP) is 0.586. The number of nitrogens with two attached hydrogens (primary N) is 1. The molecule has 0 amide bonds. The first-order valence-electron chi connectivity index (χ1n) is 5.87. The van der Waals surface area contributed by atoms with Gasteiger partial charge in [0.25, 0.3) is 0 Å². The monoisotopic (exact) mass is 247 g/mol. The molecule has 0 aliphatic rings. The van der Waals surface area contributed by atoms with Crippen LogP contribution in [-0.2, 0) is 4.79 Å². The molecule has 0 bridgehead atoms. The minimum atomic E-state index is -1.03. The second kappa shape index (κ2) is 6.33. The first-order chi connectivity index (χ1) is 7.64. The molecule has 0 rings (SSSR count). The van der Waals surface area contributed by atoms with Gasteiger partial charge in [-0.2, -0.15) is 0 Å². The molecule has 5 nitrogen and oxygen atoms in total.